The maximum Gasteiger partial charge on any atom is 0.357 e. The Labute approximate surface area is 245 Å². The third-order valence-electron chi connectivity index (χ3n) is 7.57. The topological polar surface area (TPSA) is 98.2 Å². The molecule has 1 aliphatic rings. The van der Waals surface area contributed by atoms with E-state index in [-0.39, 0.29) is 5.69 Å². The van der Waals surface area contributed by atoms with Gasteiger partial charge in [-0.1, -0.05) is 25.3 Å². The van der Waals surface area contributed by atoms with Crippen molar-refractivity contribution in [2.45, 2.75) is 38.7 Å². The Bertz CT molecular complexity index is 1510. The van der Waals surface area contributed by atoms with E-state index in [0.717, 1.165) is 23.9 Å². The first kappa shape index (κ1) is 29.0. The molecule has 5 rings (SSSR count). The Kier molecular flexibility index (Phi) is 9.26. The molecule has 2 aromatic carbocycles. The van der Waals surface area contributed by atoms with Gasteiger partial charge in [-0.15, -0.1) is 0 Å². The number of benzene rings is 2. The molecule has 0 amide bonds. The maximum atomic E-state index is 13.2. The number of hydrogen-bond acceptors (Lipinski definition) is 9. The van der Waals surface area contributed by atoms with Crippen molar-refractivity contribution in [3.05, 3.63) is 66.1 Å². The van der Waals surface area contributed by atoms with Crippen LogP contribution in [0.25, 0.3) is 21.9 Å². The van der Waals surface area contributed by atoms with Crippen LogP contribution in [0.1, 0.15) is 48.3 Å². The highest BCUT2D eigenvalue weighted by molar-refractivity contribution is 6.08. The lowest BCUT2D eigenvalue weighted by atomic mass is 9.90. The molecule has 1 saturated carbocycles. The van der Waals surface area contributed by atoms with Crippen LogP contribution >= 0.6 is 0 Å². The second-order valence-corrected chi connectivity index (χ2v) is 10.2. The standard InChI is InChI=1S/C33H36N2O7/c1-37-27-16-22(17-28(38-2)31(27)39-3)29-25-14-13-24(41-20-23-12-8-9-15-34-23)18-26(25)32(35-30(29)33(36)40-4)42-19-21-10-6-5-7-11-21/h8-9,12-18,21H,5-7,10-11,19-20H2,1-4H3. The fourth-order valence-corrected chi connectivity index (χ4v) is 5.42. The molecular weight excluding hydrogens is 536 g/mol. The van der Waals surface area contributed by atoms with Gasteiger partial charge in [-0.3, -0.25) is 4.98 Å². The highest BCUT2D eigenvalue weighted by atomic mass is 16.5. The number of hydrogen-bond donors (Lipinski definition) is 0. The van der Waals surface area contributed by atoms with E-state index in [1.165, 1.54) is 26.4 Å². The van der Waals surface area contributed by atoms with Gasteiger partial charge in [0.05, 0.1) is 40.7 Å². The minimum Gasteiger partial charge on any atom is -0.493 e. The number of ether oxygens (including phenoxy) is 6. The minimum atomic E-state index is -0.585. The van der Waals surface area contributed by atoms with Crippen molar-refractivity contribution >= 4 is 16.7 Å². The van der Waals surface area contributed by atoms with Gasteiger partial charge in [0.1, 0.15) is 12.4 Å². The SMILES string of the molecule is COC(=O)c1nc(OCC2CCCCC2)c2cc(OCc3ccccn3)ccc2c1-c1cc(OC)c(OC)c(OC)c1. The normalized spacial score (nSPS) is 13.4. The van der Waals surface area contributed by atoms with Crippen molar-refractivity contribution in [2.75, 3.05) is 35.0 Å². The van der Waals surface area contributed by atoms with Crippen molar-refractivity contribution in [2.24, 2.45) is 5.92 Å². The monoisotopic (exact) mass is 572 g/mol. The van der Waals surface area contributed by atoms with Gasteiger partial charge in [0.2, 0.25) is 11.6 Å². The molecule has 4 aromatic rings. The first-order chi connectivity index (χ1) is 20.6. The fraction of sp³-hybridized carbons (Fsp3) is 0.364. The number of nitrogens with zero attached hydrogens (tertiary/aromatic N) is 2. The van der Waals surface area contributed by atoms with Gasteiger partial charge in [-0.25, -0.2) is 9.78 Å². The van der Waals surface area contributed by atoms with Crippen LogP contribution in [0.15, 0.2) is 54.7 Å². The van der Waals surface area contributed by atoms with Crippen LogP contribution < -0.4 is 23.7 Å². The zero-order valence-electron chi connectivity index (χ0n) is 24.5. The largest absolute Gasteiger partial charge is 0.493 e. The molecule has 220 valence electrons. The van der Waals surface area contributed by atoms with Crippen LogP contribution in [-0.2, 0) is 11.3 Å². The molecule has 0 saturated heterocycles. The van der Waals surface area contributed by atoms with Crippen molar-refractivity contribution in [3.8, 4) is 40.0 Å². The third kappa shape index (κ3) is 6.20. The Hall–Kier alpha value is -4.53. The highest BCUT2D eigenvalue weighted by Gasteiger charge is 2.26. The van der Waals surface area contributed by atoms with Crippen molar-refractivity contribution < 1.29 is 33.2 Å². The Morgan fingerprint density at radius 2 is 1.62 bits per heavy atom. The average Bonchev–Trinajstić information content (AvgIpc) is 3.05. The number of rotatable bonds is 11. The summed E-state index contributed by atoms with van der Waals surface area (Å²) in [7, 11) is 5.98. The van der Waals surface area contributed by atoms with Crippen LogP contribution in [-0.4, -0.2) is 51.0 Å². The van der Waals surface area contributed by atoms with Crippen LogP contribution in [0.5, 0.6) is 28.9 Å². The van der Waals surface area contributed by atoms with E-state index in [9.17, 15) is 4.79 Å². The summed E-state index contributed by atoms with van der Waals surface area (Å²) < 4.78 is 34.4. The number of pyridine rings is 2. The van der Waals surface area contributed by atoms with Crippen molar-refractivity contribution in [1.82, 2.24) is 9.97 Å². The van der Waals surface area contributed by atoms with Gasteiger partial charge in [-0.05, 0) is 72.2 Å². The third-order valence-corrected chi connectivity index (χ3v) is 7.57. The zero-order valence-corrected chi connectivity index (χ0v) is 24.5. The number of aromatic nitrogens is 2. The second kappa shape index (κ2) is 13.4. The Balaban J connectivity index is 1.66. The molecule has 9 nitrogen and oxygen atoms in total. The zero-order chi connectivity index (χ0) is 29.5. The summed E-state index contributed by atoms with van der Waals surface area (Å²) in [5.74, 6) is 2.18. The Morgan fingerprint density at radius 1 is 0.857 bits per heavy atom. The summed E-state index contributed by atoms with van der Waals surface area (Å²) in [6.45, 7) is 0.823. The number of carbonyl (C=O) groups is 1. The fourth-order valence-electron chi connectivity index (χ4n) is 5.42. The Morgan fingerprint density at radius 3 is 2.26 bits per heavy atom. The second-order valence-electron chi connectivity index (χ2n) is 10.2. The summed E-state index contributed by atoms with van der Waals surface area (Å²) in [6.07, 6.45) is 7.61. The highest BCUT2D eigenvalue weighted by Crippen LogP contribution is 2.45. The molecule has 0 spiro atoms. The van der Waals surface area contributed by atoms with E-state index in [0.29, 0.717) is 64.5 Å². The van der Waals surface area contributed by atoms with Gasteiger partial charge < -0.3 is 28.4 Å². The summed E-state index contributed by atoms with van der Waals surface area (Å²) in [5, 5.41) is 1.45. The number of esters is 1. The summed E-state index contributed by atoms with van der Waals surface area (Å²) >= 11 is 0. The lowest BCUT2D eigenvalue weighted by molar-refractivity contribution is 0.0593. The quantitative estimate of drug-likeness (QED) is 0.183. The summed E-state index contributed by atoms with van der Waals surface area (Å²) in [4.78, 5) is 22.3. The molecular formula is C33H36N2O7. The molecule has 0 bridgehead atoms. The minimum absolute atomic E-state index is 0.125. The van der Waals surface area contributed by atoms with Crippen molar-refractivity contribution in [1.29, 1.82) is 0 Å². The lowest BCUT2D eigenvalue weighted by Gasteiger charge is -2.23. The van der Waals surface area contributed by atoms with Crippen LogP contribution in [0, 0.1) is 5.92 Å². The number of fused-ring (bicyclic) bond motifs is 1. The molecule has 0 unspecified atom stereocenters. The van der Waals surface area contributed by atoms with E-state index < -0.39 is 5.97 Å². The molecule has 1 aliphatic carbocycles. The molecule has 0 aliphatic heterocycles. The molecule has 0 radical (unpaired) electrons. The van der Waals surface area contributed by atoms with Crippen LogP contribution in [0.4, 0.5) is 0 Å². The van der Waals surface area contributed by atoms with Crippen LogP contribution in [0.3, 0.4) is 0 Å². The number of carbonyl (C=O) groups excluding carboxylic acids is 1. The van der Waals surface area contributed by atoms with E-state index in [1.54, 1.807) is 39.7 Å². The van der Waals surface area contributed by atoms with Crippen LogP contribution in [0.2, 0.25) is 0 Å². The van der Waals surface area contributed by atoms with Gasteiger partial charge in [0, 0.05) is 17.1 Å². The predicted molar refractivity (Wildman–Crippen MR) is 159 cm³/mol. The molecule has 2 heterocycles. The first-order valence-electron chi connectivity index (χ1n) is 14.1. The van der Waals surface area contributed by atoms with E-state index in [1.807, 2.05) is 36.4 Å². The lowest BCUT2D eigenvalue weighted by Crippen LogP contribution is -2.17. The van der Waals surface area contributed by atoms with E-state index in [2.05, 4.69) is 4.98 Å². The first-order valence-corrected chi connectivity index (χ1v) is 14.1. The van der Waals surface area contributed by atoms with E-state index >= 15 is 0 Å². The summed E-state index contributed by atoms with van der Waals surface area (Å²) in [6, 6.07) is 14.9. The van der Waals surface area contributed by atoms with Gasteiger partial charge in [0.25, 0.3) is 0 Å². The molecule has 1 fully saturated rings. The maximum absolute atomic E-state index is 13.2. The predicted octanol–water partition coefficient (Wildman–Crippen LogP) is 6.65. The average molecular weight is 573 g/mol. The van der Waals surface area contributed by atoms with Crippen molar-refractivity contribution in [3.63, 3.8) is 0 Å². The van der Waals surface area contributed by atoms with Gasteiger partial charge in [-0.2, -0.15) is 0 Å². The smallest absolute Gasteiger partial charge is 0.357 e. The molecule has 0 N–H and O–H groups in total. The summed E-state index contributed by atoms with van der Waals surface area (Å²) in [5.41, 5.74) is 2.13. The molecule has 0 atom stereocenters. The van der Waals surface area contributed by atoms with E-state index in [4.69, 9.17) is 33.4 Å². The number of methoxy groups -OCH3 is 4. The molecule has 9 heteroatoms. The van der Waals surface area contributed by atoms with Gasteiger partial charge in [0.15, 0.2) is 17.2 Å². The molecule has 2 aromatic heterocycles. The van der Waals surface area contributed by atoms with Gasteiger partial charge >= 0.3 is 5.97 Å². The molecule has 42 heavy (non-hydrogen) atoms.